The molecule has 2 N–H and O–H groups in total. The van der Waals surface area contributed by atoms with E-state index in [9.17, 15) is 22.8 Å². The molecule has 1 atom stereocenters. The van der Waals surface area contributed by atoms with Crippen molar-refractivity contribution >= 4 is 23.5 Å². The number of piperidine rings is 1. The van der Waals surface area contributed by atoms with Gasteiger partial charge in [-0.1, -0.05) is 23.4 Å². The van der Waals surface area contributed by atoms with Gasteiger partial charge in [-0.15, -0.1) is 0 Å². The molecule has 0 saturated carbocycles. The standard InChI is InChI=1S/C22H24N4O4.C2HF3O2/c27-20(15-29-18-5-2-1-3-6-18)26-12-4-9-22(16-26)13-19(25-30-22)21(28)24-14-17-7-10-23-11-8-17;3-2(4,5)1(6)7/h1-3,5-8,10-11H,4,9,12-16H2,(H,24,28);(H,6,7). The number of aliphatic carboxylic acids is 1. The molecule has 37 heavy (non-hydrogen) atoms. The maximum absolute atomic E-state index is 12.6. The number of carbonyl (C=O) groups excluding carboxylic acids is 2. The fourth-order valence-electron chi connectivity index (χ4n) is 3.71. The molecule has 1 aromatic carbocycles. The lowest BCUT2D eigenvalue weighted by atomic mass is 9.88. The summed E-state index contributed by atoms with van der Waals surface area (Å²) in [5.74, 6) is -2.45. The summed E-state index contributed by atoms with van der Waals surface area (Å²) in [5, 5.41) is 14.0. The Bertz CT molecular complexity index is 1110. The third-order valence-electron chi connectivity index (χ3n) is 5.54. The minimum atomic E-state index is -5.08. The van der Waals surface area contributed by atoms with Crippen LogP contribution in [-0.4, -0.2) is 70.0 Å². The predicted molar refractivity (Wildman–Crippen MR) is 123 cm³/mol. The lowest BCUT2D eigenvalue weighted by Gasteiger charge is -2.38. The van der Waals surface area contributed by atoms with Gasteiger partial charge in [0.25, 0.3) is 11.8 Å². The molecule has 10 nitrogen and oxygen atoms in total. The Morgan fingerprint density at radius 1 is 1.14 bits per heavy atom. The molecule has 1 spiro atoms. The zero-order valence-corrected chi connectivity index (χ0v) is 19.6. The Morgan fingerprint density at radius 2 is 1.81 bits per heavy atom. The zero-order valence-electron chi connectivity index (χ0n) is 19.6. The first-order valence-corrected chi connectivity index (χ1v) is 11.3. The number of rotatable bonds is 6. The fourth-order valence-corrected chi connectivity index (χ4v) is 3.71. The molecule has 0 radical (unpaired) electrons. The Morgan fingerprint density at radius 3 is 2.46 bits per heavy atom. The van der Waals surface area contributed by atoms with Gasteiger partial charge in [0.2, 0.25) is 0 Å². The Labute approximate surface area is 210 Å². The molecule has 3 heterocycles. The second kappa shape index (κ2) is 12.2. The smallest absolute Gasteiger partial charge is 0.484 e. The van der Waals surface area contributed by atoms with Crippen LogP contribution in [0.4, 0.5) is 13.2 Å². The highest BCUT2D eigenvalue weighted by atomic mass is 19.4. The van der Waals surface area contributed by atoms with Gasteiger partial charge >= 0.3 is 12.1 Å². The molecule has 1 fully saturated rings. The van der Waals surface area contributed by atoms with Gasteiger partial charge in [0.05, 0.1) is 6.54 Å². The van der Waals surface area contributed by atoms with Gasteiger partial charge in [0.1, 0.15) is 11.5 Å². The maximum Gasteiger partial charge on any atom is 0.490 e. The van der Waals surface area contributed by atoms with Crippen LogP contribution in [0, 0.1) is 0 Å². The van der Waals surface area contributed by atoms with Crippen LogP contribution in [0.2, 0.25) is 0 Å². The van der Waals surface area contributed by atoms with Crippen LogP contribution >= 0.6 is 0 Å². The van der Waals surface area contributed by atoms with E-state index >= 15 is 0 Å². The molecule has 1 aromatic heterocycles. The highest BCUT2D eigenvalue weighted by Crippen LogP contribution is 2.33. The summed E-state index contributed by atoms with van der Waals surface area (Å²) in [6.07, 6.45) is 0.210. The topological polar surface area (TPSA) is 130 Å². The fraction of sp³-hybridized carbons (Fsp3) is 0.375. The van der Waals surface area contributed by atoms with Gasteiger partial charge in [-0.3, -0.25) is 14.6 Å². The number of carbonyl (C=O) groups is 3. The van der Waals surface area contributed by atoms with Crippen molar-refractivity contribution < 1.29 is 42.2 Å². The molecule has 2 amide bonds. The molecule has 2 aromatic rings. The number of ether oxygens (including phenoxy) is 1. The van der Waals surface area contributed by atoms with Crippen LogP contribution in [0.1, 0.15) is 24.8 Å². The minimum Gasteiger partial charge on any atom is -0.484 e. The SMILES string of the molecule is O=C(NCc1ccncc1)C1=NOC2(CCCN(C(=O)COc3ccccc3)C2)C1.O=C(O)C(F)(F)F. The lowest BCUT2D eigenvalue weighted by Crippen LogP contribution is -2.52. The van der Waals surface area contributed by atoms with E-state index in [0.717, 1.165) is 18.4 Å². The molecule has 4 rings (SSSR count). The molecular weight excluding hydrogens is 497 g/mol. The first-order chi connectivity index (χ1) is 17.6. The summed E-state index contributed by atoms with van der Waals surface area (Å²) in [4.78, 5) is 45.4. The number of amides is 2. The van der Waals surface area contributed by atoms with Gasteiger partial charge in [-0.2, -0.15) is 13.2 Å². The van der Waals surface area contributed by atoms with Crippen LogP contribution in [0.3, 0.4) is 0 Å². The Kier molecular flexibility index (Phi) is 9.04. The number of aromatic nitrogens is 1. The van der Waals surface area contributed by atoms with Crippen LogP contribution in [-0.2, 0) is 25.8 Å². The molecule has 198 valence electrons. The third kappa shape index (κ3) is 8.19. The van der Waals surface area contributed by atoms with E-state index < -0.39 is 17.7 Å². The van der Waals surface area contributed by atoms with E-state index in [1.165, 1.54) is 0 Å². The number of nitrogens with one attached hydrogen (secondary N) is 1. The number of carboxylic acids is 1. The van der Waals surface area contributed by atoms with E-state index in [1.54, 1.807) is 17.3 Å². The summed E-state index contributed by atoms with van der Waals surface area (Å²) in [5.41, 5.74) is 0.684. The van der Waals surface area contributed by atoms with Crippen molar-refractivity contribution in [2.24, 2.45) is 5.16 Å². The number of pyridine rings is 1. The Balaban J connectivity index is 0.000000479. The summed E-state index contributed by atoms with van der Waals surface area (Å²) >= 11 is 0. The number of halogens is 3. The first kappa shape index (κ1) is 27.4. The number of hydrogen-bond acceptors (Lipinski definition) is 7. The highest BCUT2D eigenvalue weighted by molar-refractivity contribution is 6.39. The monoisotopic (exact) mass is 522 g/mol. The predicted octanol–water partition coefficient (Wildman–Crippen LogP) is 2.55. The average Bonchev–Trinajstić information content (AvgIpc) is 3.29. The molecule has 1 saturated heterocycles. The summed E-state index contributed by atoms with van der Waals surface area (Å²) in [6, 6.07) is 12.9. The molecule has 13 heteroatoms. The van der Waals surface area contributed by atoms with Gasteiger partial charge in [-0.05, 0) is 42.7 Å². The van der Waals surface area contributed by atoms with Crippen molar-refractivity contribution in [3.63, 3.8) is 0 Å². The number of carboxylic acid groups (broad SMARTS) is 1. The molecule has 0 bridgehead atoms. The number of nitrogens with zero attached hydrogens (tertiary/aromatic N) is 3. The number of benzene rings is 1. The number of para-hydroxylation sites is 1. The summed E-state index contributed by atoms with van der Waals surface area (Å²) in [7, 11) is 0. The van der Waals surface area contributed by atoms with Gasteiger partial charge in [0.15, 0.2) is 12.2 Å². The third-order valence-corrected chi connectivity index (χ3v) is 5.54. The van der Waals surface area contributed by atoms with Gasteiger partial charge < -0.3 is 24.9 Å². The lowest BCUT2D eigenvalue weighted by molar-refractivity contribution is -0.192. The van der Waals surface area contributed by atoms with Crippen molar-refractivity contribution in [1.82, 2.24) is 15.2 Å². The Hall–Kier alpha value is -4.16. The highest BCUT2D eigenvalue weighted by Gasteiger charge is 2.45. The van der Waals surface area contributed by atoms with E-state index in [-0.39, 0.29) is 18.4 Å². The minimum absolute atomic E-state index is 0.0276. The number of alkyl halides is 3. The number of oxime groups is 1. The number of hydrogen-bond donors (Lipinski definition) is 2. The average molecular weight is 522 g/mol. The molecule has 0 aliphatic carbocycles. The first-order valence-electron chi connectivity index (χ1n) is 11.3. The van der Waals surface area contributed by atoms with Crippen LogP contribution in [0.5, 0.6) is 5.75 Å². The second-order valence-electron chi connectivity index (χ2n) is 8.35. The quantitative estimate of drug-likeness (QED) is 0.596. The van der Waals surface area contributed by atoms with E-state index in [1.807, 2.05) is 42.5 Å². The van der Waals surface area contributed by atoms with Gasteiger partial charge in [0, 0.05) is 31.9 Å². The molecule has 2 aliphatic heterocycles. The van der Waals surface area contributed by atoms with Crippen LogP contribution in [0.15, 0.2) is 60.0 Å². The van der Waals surface area contributed by atoms with E-state index in [2.05, 4.69) is 15.5 Å². The molecule has 1 unspecified atom stereocenters. The largest absolute Gasteiger partial charge is 0.490 e. The summed E-state index contributed by atoms with van der Waals surface area (Å²) < 4.78 is 37.3. The van der Waals surface area contributed by atoms with Crippen molar-refractivity contribution in [2.75, 3.05) is 19.7 Å². The summed E-state index contributed by atoms with van der Waals surface area (Å²) in [6.45, 7) is 1.41. The van der Waals surface area contributed by atoms with E-state index in [4.69, 9.17) is 19.5 Å². The van der Waals surface area contributed by atoms with E-state index in [0.29, 0.717) is 37.5 Å². The molecule has 2 aliphatic rings. The van der Waals surface area contributed by atoms with Crippen molar-refractivity contribution in [1.29, 1.82) is 0 Å². The molecular formula is C24H25F3N4O6. The van der Waals surface area contributed by atoms with Crippen molar-refractivity contribution in [3.8, 4) is 5.75 Å². The number of likely N-dealkylation sites (tertiary alicyclic amines) is 1. The van der Waals surface area contributed by atoms with Crippen molar-refractivity contribution in [3.05, 3.63) is 60.4 Å². The van der Waals surface area contributed by atoms with Crippen molar-refractivity contribution in [2.45, 2.75) is 37.6 Å². The zero-order chi connectivity index (χ0) is 26.9. The normalized spacial score (nSPS) is 18.7. The van der Waals surface area contributed by atoms with Crippen LogP contribution < -0.4 is 10.1 Å². The van der Waals surface area contributed by atoms with Crippen LogP contribution in [0.25, 0.3) is 0 Å². The maximum atomic E-state index is 12.6. The van der Waals surface area contributed by atoms with Gasteiger partial charge in [-0.25, -0.2) is 4.79 Å². The second-order valence-corrected chi connectivity index (χ2v) is 8.35.